The number of para-hydroxylation sites is 1. The third kappa shape index (κ3) is 2.93. The Labute approximate surface area is 124 Å². The lowest BCUT2D eigenvalue weighted by molar-refractivity contribution is 0.302. The molecule has 1 aromatic carbocycles. The van der Waals surface area contributed by atoms with E-state index < -0.39 is 0 Å². The van der Waals surface area contributed by atoms with Gasteiger partial charge < -0.3 is 14.6 Å². The van der Waals surface area contributed by atoms with Crippen LogP contribution in [-0.2, 0) is 6.54 Å². The van der Waals surface area contributed by atoms with E-state index in [1.54, 1.807) is 0 Å². The quantitative estimate of drug-likeness (QED) is 0.916. The molecule has 1 N–H and O–H groups in total. The number of nitrogens with zero attached hydrogens (tertiary/aromatic N) is 2. The molecular weight excluding hydrogens is 266 g/mol. The Kier molecular flexibility index (Phi) is 3.92. The topological polar surface area (TPSA) is 60.2 Å². The molecule has 0 bridgehead atoms. The van der Waals surface area contributed by atoms with E-state index in [1.807, 2.05) is 26.0 Å². The van der Waals surface area contributed by atoms with Gasteiger partial charge in [0.1, 0.15) is 5.75 Å². The Bertz CT molecular complexity index is 609. The second kappa shape index (κ2) is 5.85. The first-order valence-electron chi connectivity index (χ1n) is 7.42. The molecule has 0 aliphatic carbocycles. The summed E-state index contributed by atoms with van der Waals surface area (Å²) in [5.41, 5.74) is 1.27. The zero-order valence-corrected chi connectivity index (χ0v) is 12.7. The molecule has 112 valence electrons. The lowest BCUT2D eigenvalue weighted by Crippen LogP contribution is -2.32. The fourth-order valence-corrected chi connectivity index (χ4v) is 2.57. The molecule has 0 saturated carbocycles. The van der Waals surface area contributed by atoms with Crippen LogP contribution in [0.3, 0.4) is 0 Å². The third-order valence-corrected chi connectivity index (χ3v) is 3.90. The van der Waals surface area contributed by atoms with Crippen LogP contribution >= 0.6 is 0 Å². The molecule has 0 saturated heterocycles. The number of aromatic nitrogens is 2. The average molecular weight is 287 g/mol. The average Bonchev–Trinajstić information content (AvgIpc) is 3.11. The molecule has 21 heavy (non-hydrogen) atoms. The van der Waals surface area contributed by atoms with Crippen molar-refractivity contribution in [1.82, 2.24) is 15.5 Å². The Morgan fingerprint density at radius 1 is 1.29 bits per heavy atom. The lowest BCUT2D eigenvalue weighted by atomic mass is 9.94. The second-order valence-corrected chi connectivity index (χ2v) is 5.83. The maximum atomic E-state index is 5.73. The number of hydrogen-bond acceptors (Lipinski definition) is 5. The summed E-state index contributed by atoms with van der Waals surface area (Å²) in [5, 5.41) is 7.47. The molecule has 0 amide bonds. The Morgan fingerprint density at radius 2 is 2.10 bits per heavy atom. The maximum Gasteiger partial charge on any atom is 0.229 e. The standard InChI is InChI=1S/C16H21N3O2/c1-10(2)16-18-15(19-21-16)8-17-11(3)13-9-20-14-7-5-4-6-12(13)14/h4-7,10-11,13,17H,8-9H2,1-3H3/t11-,13+/m1/s1. The first-order valence-corrected chi connectivity index (χ1v) is 7.42. The molecule has 2 heterocycles. The molecular formula is C16H21N3O2. The van der Waals surface area contributed by atoms with Crippen molar-refractivity contribution < 1.29 is 9.26 Å². The summed E-state index contributed by atoms with van der Waals surface area (Å²) >= 11 is 0. The highest BCUT2D eigenvalue weighted by molar-refractivity contribution is 5.40. The van der Waals surface area contributed by atoms with E-state index >= 15 is 0 Å². The van der Waals surface area contributed by atoms with Crippen molar-refractivity contribution in [2.45, 2.75) is 45.2 Å². The molecule has 5 nitrogen and oxygen atoms in total. The van der Waals surface area contributed by atoms with Crippen molar-refractivity contribution >= 4 is 0 Å². The summed E-state index contributed by atoms with van der Waals surface area (Å²) in [6.45, 7) is 7.58. The first kappa shape index (κ1) is 14.1. The summed E-state index contributed by atoms with van der Waals surface area (Å²) in [4.78, 5) is 4.38. The minimum absolute atomic E-state index is 0.263. The van der Waals surface area contributed by atoms with E-state index in [0.717, 1.165) is 12.4 Å². The van der Waals surface area contributed by atoms with Crippen molar-refractivity contribution in [3.05, 3.63) is 41.5 Å². The Hall–Kier alpha value is -1.88. The number of ether oxygens (including phenoxy) is 1. The van der Waals surface area contributed by atoms with Gasteiger partial charge in [-0.05, 0) is 13.0 Å². The van der Waals surface area contributed by atoms with Crippen molar-refractivity contribution in [3.8, 4) is 5.75 Å². The molecule has 1 aliphatic heterocycles. The zero-order valence-electron chi connectivity index (χ0n) is 12.7. The summed E-state index contributed by atoms with van der Waals surface area (Å²) < 4.78 is 10.9. The van der Waals surface area contributed by atoms with Crippen LogP contribution in [0.2, 0.25) is 0 Å². The molecule has 5 heteroatoms. The van der Waals surface area contributed by atoms with Gasteiger partial charge in [-0.2, -0.15) is 4.98 Å². The lowest BCUT2D eigenvalue weighted by Gasteiger charge is -2.19. The predicted molar refractivity (Wildman–Crippen MR) is 79.4 cm³/mol. The molecule has 0 fully saturated rings. The van der Waals surface area contributed by atoms with Gasteiger partial charge in [0.05, 0.1) is 13.2 Å². The van der Waals surface area contributed by atoms with Gasteiger partial charge in [-0.3, -0.25) is 0 Å². The number of nitrogens with one attached hydrogen (secondary N) is 1. The molecule has 0 unspecified atom stereocenters. The van der Waals surface area contributed by atoms with Crippen LogP contribution in [0.25, 0.3) is 0 Å². The third-order valence-electron chi connectivity index (χ3n) is 3.90. The second-order valence-electron chi connectivity index (χ2n) is 5.83. The minimum Gasteiger partial charge on any atom is -0.493 e. The normalized spacial score (nSPS) is 18.6. The highest BCUT2D eigenvalue weighted by Gasteiger charge is 2.28. The molecule has 2 aromatic rings. The van der Waals surface area contributed by atoms with Gasteiger partial charge in [0.15, 0.2) is 5.82 Å². The van der Waals surface area contributed by atoms with Crippen LogP contribution in [0.4, 0.5) is 0 Å². The molecule has 0 spiro atoms. The van der Waals surface area contributed by atoms with Gasteiger partial charge in [-0.1, -0.05) is 37.2 Å². The van der Waals surface area contributed by atoms with E-state index in [4.69, 9.17) is 9.26 Å². The Morgan fingerprint density at radius 3 is 2.86 bits per heavy atom. The van der Waals surface area contributed by atoms with Gasteiger partial charge in [0, 0.05) is 23.4 Å². The number of benzene rings is 1. The molecule has 1 aromatic heterocycles. The highest BCUT2D eigenvalue weighted by atomic mass is 16.5. The molecule has 2 atom stereocenters. The maximum absolute atomic E-state index is 5.73. The number of hydrogen-bond donors (Lipinski definition) is 1. The molecule has 0 radical (unpaired) electrons. The van der Waals surface area contributed by atoms with E-state index in [0.29, 0.717) is 24.2 Å². The fourth-order valence-electron chi connectivity index (χ4n) is 2.57. The summed E-state index contributed by atoms with van der Waals surface area (Å²) in [5.74, 6) is 3.01. The van der Waals surface area contributed by atoms with Gasteiger partial charge >= 0.3 is 0 Å². The van der Waals surface area contributed by atoms with Crippen molar-refractivity contribution in [2.24, 2.45) is 0 Å². The smallest absolute Gasteiger partial charge is 0.229 e. The van der Waals surface area contributed by atoms with E-state index in [1.165, 1.54) is 5.56 Å². The Balaban J connectivity index is 1.61. The van der Waals surface area contributed by atoms with Gasteiger partial charge in [0.25, 0.3) is 0 Å². The van der Waals surface area contributed by atoms with Crippen LogP contribution in [0.15, 0.2) is 28.8 Å². The summed E-state index contributed by atoms with van der Waals surface area (Å²) in [7, 11) is 0. The summed E-state index contributed by atoms with van der Waals surface area (Å²) in [6, 6.07) is 8.51. The van der Waals surface area contributed by atoms with Crippen LogP contribution in [0.1, 0.15) is 49.9 Å². The van der Waals surface area contributed by atoms with Crippen LogP contribution < -0.4 is 10.1 Å². The first-order chi connectivity index (χ1) is 10.1. The molecule has 1 aliphatic rings. The molecule has 3 rings (SSSR count). The largest absolute Gasteiger partial charge is 0.493 e. The SMILES string of the molecule is CC(C)c1nc(CN[C@H](C)[C@@H]2COc3ccccc32)no1. The fraction of sp³-hybridized carbons (Fsp3) is 0.500. The predicted octanol–water partition coefficient (Wildman–Crippen LogP) is 2.85. The van der Waals surface area contributed by atoms with Gasteiger partial charge in [-0.15, -0.1) is 0 Å². The van der Waals surface area contributed by atoms with E-state index in [9.17, 15) is 0 Å². The van der Waals surface area contributed by atoms with Crippen molar-refractivity contribution in [1.29, 1.82) is 0 Å². The van der Waals surface area contributed by atoms with E-state index in [2.05, 4.69) is 34.5 Å². The number of fused-ring (bicyclic) bond motifs is 1. The van der Waals surface area contributed by atoms with Gasteiger partial charge in [0.2, 0.25) is 5.89 Å². The van der Waals surface area contributed by atoms with Crippen LogP contribution in [0, 0.1) is 0 Å². The summed E-state index contributed by atoms with van der Waals surface area (Å²) in [6.07, 6.45) is 0. The van der Waals surface area contributed by atoms with Gasteiger partial charge in [-0.25, -0.2) is 0 Å². The van der Waals surface area contributed by atoms with E-state index in [-0.39, 0.29) is 12.0 Å². The monoisotopic (exact) mass is 287 g/mol. The van der Waals surface area contributed by atoms with Crippen LogP contribution in [0.5, 0.6) is 5.75 Å². The van der Waals surface area contributed by atoms with Crippen molar-refractivity contribution in [2.75, 3.05) is 6.61 Å². The minimum atomic E-state index is 0.263. The van der Waals surface area contributed by atoms with Crippen LogP contribution in [-0.4, -0.2) is 22.8 Å². The highest BCUT2D eigenvalue weighted by Crippen LogP contribution is 2.35. The zero-order chi connectivity index (χ0) is 14.8. The number of rotatable bonds is 5. The van der Waals surface area contributed by atoms with Crippen molar-refractivity contribution in [3.63, 3.8) is 0 Å².